The van der Waals surface area contributed by atoms with E-state index in [9.17, 15) is 0 Å². The molecule has 0 fully saturated rings. The van der Waals surface area contributed by atoms with Crippen molar-refractivity contribution >= 4 is 30.0 Å². The second kappa shape index (κ2) is 13.8. The third kappa shape index (κ3) is 6.05. The van der Waals surface area contributed by atoms with Gasteiger partial charge in [-0.1, -0.05) is 170 Å². The van der Waals surface area contributed by atoms with Crippen LogP contribution in [0.2, 0.25) is 0 Å². The maximum absolute atomic E-state index is 2.37. The van der Waals surface area contributed by atoms with E-state index in [4.69, 9.17) is 0 Å². The lowest BCUT2D eigenvalue weighted by atomic mass is 9.83. The van der Waals surface area contributed by atoms with E-state index < -0.39 is 0 Å². The first-order valence-corrected chi connectivity index (χ1v) is 17.3. The second-order valence-corrected chi connectivity index (χ2v) is 12.9. The molecule has 0 bridgehead atoms. The van der Waals surface area contributed by atoms with Crippen LogP contribution in [0.3, 0.4) is 0 Å². The topological polar surface area (TPSA) is 0 Å². The van der Waals surface area contributed by atoms with Crippen molar-refractivity contribution in [3.63, 3.8) is 0 Å². The summed E-state index contributed by atoms with van der Waals surface area (Å²) < 4.78 is 0. The predicted molar refractivity (Wildman–Crippen MR) is 220 cm³/mol. The first-order valence-electron chi connectivity index (χ1n) is 17.3. The van der Waals surface area contributed by atoms with Gasteiger partial charge in [0.2, 0.25) is 0 Å². The molecular formula is C50H34B. The molecule has 0 saturated heterocycles. The van der Waals surface area contributed by atoms with Crippen molar-refractivity contribution in [1.29, 1.82) is 0 Å². The van der Waals surface area contributed by atoms with E-state index >= 15 is 0 Å². The summed E-state index contributed by atoms with van der Waals surface area (Å²) in [5, 5.41) is 4.99. The Kier molecular flexibility index (Phi) is 8.62. The Morgan fingerprint density at radius 3 is 0.608 bits per heavy atom. The highest BCUT2D eigenvalue weighted by molar-refractivity contribution is 6.22. The summed E-state index contributed by atoms with van der Waals surface area (Å²) in [6, 6.07) is 75.0. The van der Waals surface area contributed by atoms with Crippen molar-refractivity contribution in [2.45, 2.75) is 0 Å². The summed E-state index contributed by atoms with van der Waals surface area (Å²) >= 11 is 0. The van der Waals surface area contributed by atoms with Gasteiger partial charge in [0, 0.05) is 8.41 Å². The lowest BCUT2D eigenvalue weighted by molar-refractivity contribution is 1.57. The van der Waals surface area contributed by atoms with Crippen LogP contribution in [0.5, 0.6) is 0 Å². The highest BCUT2D eigenvalue weighted by atomic mass is 14.2. The molecule has 0 N–H and O–H groups in total. The Bertz CT molecular complexity index is 2250. The minimum absolute atomic E-state index is 0. The largest absolute Gasteiger partial charge is 0.0622 e. The van der Waals surface area contributed by atoms with Gasteiger partial charge >= 0.3 is 0 Å². The van der Waals surface area contributed by atoms with Gasteiger partial charge < -0.3 is 0 Å². The zero-order valence-electron chi connectivity index (χ0n) is 28.2. The van der Waals surface area contributed by atoms with Crippen LogP contribution >= 0.6 is 0 Å². The summed E-state index contributed by atoms with van der Waals surface area (Å²) in [6.45, 7) is 0. The molecule has 0 aliphatic rings. The number of hydrogen-bond donors (Lipinski definition) is 0. The van der Waals surface area contributed by atoms with Crippen LogP contribution in [0.1, 0.15) is 0 Å². The lowest BCUT2D eigenvalue weighted by Crippen LogP contribution is -1.93. The molecule has 9 aromatic carbocycles. The van der Waals surface area contributed by atoms with Crippen LogP contribution in [0.4, 0.5) is 0 Å². The molecule has 0 saturated carbocycles. The van der Waals surface area contributed by atoms with Crippen LogP contribution in [0, 0.1) is 0 Å². The van der Waals surface area contributed by atoms with E-state index in [0.29, 0.717) is 0 Å². The Hall–Kier alpha value is -6.44. The zero-order valence-corrected chi connectivity index (χ0v) is 28.2. The van der Waals surface area contributed by atoms with E-state index in [-0.39, 0.29) is 8.41 Å². The summed E-state index contributed by atoms with van der Waals surface area (Å²) in [4.78, 5) is 0. The Labute approximate surface area is 301 Å². The molecule has 51 heavy (non-hydrogen) atoms. The number of hydrogen-bond acceptors (Lipinski definition) is 0. The Morgan fingerprint density at radius 2 is 0.373 bits per heavy atom. The molecule has 0 aliphatic heterocycles. The van der Waals surface area contributed by atoms with Gasteiger partial charge in [-0.25, -0.2) is 0 Å². The van der Waals surface area contributed by atoms with Crippen LogP contribution in [0.25, 0.3) is 88.3 Å². The van der Waals surface area contributed by atoms with Gasteiger partial charge in [0.1, 0.15) is 0 Å². The fourth-order valence-electron chi connectivity index (χ4n) is 7.48. The average molecular weight is 646 g/mol. The highest BCUT2D eigenvalue weighted by Crippen LogP contribution is 2.46. The van der Waals surface area contributed by atoms with E-state index in [1.807, 2.05) is 0 Å². The van der Waals surface area contributed by atoms with Crippen molar-refractivity contribution < 1.29 is 0 Å². The van der Waals surface area contributed by atoms with Crippen molar-refractivity contribution in [2.75, 3.05) is 0 Å². The van der Waals surface area contributed by atoms with Crippen molar-refractivity contribution in [3.8, 4) is 66.8 Å². The molecule has 3 radical (unpaired) electrons. The molecule has 1 heteroatoms. The quantitative estimate of drug-likeness (QED) is 0.125. The Balaban J connectivity index is 0.00000374. The molecular weight excluding hydrogens is 611 g/mol. The summed E-state index contributed by atoms with van der Waals surface area (Å²) in [5.41, 5.74) is 14.6. The van der Waals surface area contributed by atoms with Crippen molar-refractivity contribution in [1.82, 2.24) is 0 Å². The van der Waals surface area contributed by atoms with Gasteiger partial charge in [-0.2, -0.15) is 0 Å². The molecule has 0 heterocycles. The number of benzene rings is 9. The lowest BCUT2D eigenvalue weighted by Gasteiger charge is -2.20. The highest BCUT2D eigenvalue weighted by Gasteiger charge is 2.19. The standard InChI is InChI=1S/C50H34.B/c1-5-17-35(18-6-1)39-29-40(36-19-7-2-8-20-36)32-43(31-39)49-45-25-13-15-27-47(45)50(48-28-16-14-26-46(48)49)44-33-41(37-21-9-3-10-22-37)30-42(34-44)38-23-11-4-12-24-38;/h1-34H;. The van der Waals surface area contributed by atoms with E-state index in [1.54, 1.807) is 0 Å². The summed E-state index contributed by atoms with van der Waals surface area (Å²) in [5.74, 6) is 0. The van der Waals surface area contributed by atoms with Gasteiger partial charge in [-0.3, -0.25) is 0 Å². The smallest absolute Gasteiger partial charge is 0 e. The Morgan fingerprint density at radius 1 is 0.176 bits per heavy atom. The molecule has 0 amide bonds. The maximum Gasteiger partial charge on any atom is 0 e. The monoisotopic (exact) mass is 645 g/mol. The summed E-state index contributed by atoms with van der Waals surface area (Å²) in [6.07, 6.45) is 0. The molecule has 0 unspecified atom stereocenters. The van der Waals surface area contributed by atoms with Crippen molar-refractivity contribution in [3.05, 3.63) is 206 Å². The van der Waals surface area contributed by atoms with Gasteiger partial charge in [0.05, 0.1) is 0 Å². The van der Waals surface area contributed by atoms with Crippen LogP contribution in [-0.4, -0.2) is 8.41 Å². The molecule has 9 aromatic rings. The first kappa shape index (κ1) is 31.8. The summed E-state index contributed by atoms with van der Waals surface area (Å²) in [7, 11) is 0. The average Bonchev–Trinajstić information content (AvgIpc) is 3.21. The maximum atomic E-state index is 2.37. The molecule has 237 valence electrons. The molecule has 0 spiro atoms. The minimum Gasteiger partial charge on any atom is -0.0622 e. The number of rotatable bonds is 6. The van der Waals surface area contributed by atoms with Gasteiger partial charge in [0.25, 0.3) is 0 Å². The van der Waals surface area contributed by atoms with Crippen LogP contribution in [0.15, 0.2) is 206 Å². The van der Waals surface area contributed by atoms with Gasteiger partial charge in [-0.15, -0.1) is 0 Å². The van der Waals surface area contributed by atoms with Crippen LogP contribution in [-0.2, 0) is 0 Å². The molecule has 9 rings (SSSR count). The number of fused-ring (bicyclic) bond motifs is 2. The third-order valence-electron chi connectivity index (χ3n) is 9.80. The molecule has 0 nitrogen and oxygen atoms in total. The van der Waals surface area contributed by atoms with Crippen LogP contribution < -0.4 is 0 Å². The second-order valence-electron chi connectivity index (χ2n) is 12.9. The predicted octanol–water partition coefficient (Wildman–Crippen LogP) is 13.6. The zero-order chi connectivity index (χ0) is 33.3. The molecule has 0 atom stereocenters. The normalized spacial score (nSPS) is 11.0. The van der Waals surface area contributed by atoms with Gasteiger partial charge in [-0.05, 0) is 125 Å². The first-order chi connectivity index (χ1) is 24.8. The SMILES string of the molecule is [B].c1ccc(-c2cc(-c3ccccc3)cc(-c3c4ccccc4c(-c4cc(-c5ccccc5)cc(-c5ccccc5)c4)c4ccccc34)c2)cc1. The van der Waals surface area contributed by atoms with E-state index in [0.717, 1.165) is 0 Å². The molecule has 0 aromatic heterocycles. The van der Waals surface area contributed by atoms with Gasteiger partial charge in [0.15, 0.2) is 0 Å². The van der Waals surface area contributed by atoms with E-state index in [2.05, 4.69) is 206 Å². The third-order valence-corrected chi connectivity index (χ3v) is 9.80. The minimum atomic E-state index is 0. The fraction of sp³-hybridized carbons (Fsp3) is 0. The van der Waals surface area contributed by atoms with E-state index in [1.165, 1.54) is 88.3 Å². The van der Waals surface area contributed by atoms with Crippen molar-refractivity contribution in [2.24, 2.45) is 0 Å². The fourth-order valence-corrected chi connectivity index (χ4v) is 7.48. The molecule has 0 aliphatic carbocycles.